The van der Waals surface area contributed by atoms with Crippen LogP contribution in [0.1, 0.15) is 10.6 Å². The lowest BCUT2D eigenvalue weighted by atomic mass is 10.3. The summed E-state index contributed by atoms with van der Waals surface area (Å²) in [4.78, 5) is 11.9. The van der Waals surface area contributed by atoms with Gasteiger partial charge in [0, 0.05) is 5.20 Å². The van der Waals surface area contributed by atoms with Crippen molar-refractivity contribution in [1.29, 1.82) is 0 Å². The molecule has 74 valence electrons. The van der Waals surface area contributed by atoms with Crippen LogP contribution in [0.4, 0.5) is 0 Å². The van der Waals surface area contributed by atoms with Gasteiger partial charge in [0.05, 0.1) is 14.3 Å². The molecule has 0 radical (unpaired) electrons. The minimum absolute atomic E-state index is 0.0795. The van der Waals surface area contributed by atoms with Crippen molar-refractivity contribution >= 4 is 13.9 Å². The van der Waals surface area contributed by atoms with Crippen molar-refractivity contribution in [1.82, 2.24) is 0 Å². The quantitative estimate of drug-likeness (QED) is 0.329. The van der Waals surface area contributed by atoms with Crippen molar-refractivity contribution in [3.05, 3.63) is 41.7 Å². The number of furan rings is 1. The van der Waals surface area contributed by atoms with Gasteiger partial charge in [-0.2, -0.15) is 0 Å². The van der Waals surface area contributed by atoms with E-state index in [0.29, 0.717) is 11.0 Å². The minimum Gasteiger partial charge on any atom is -0.461 e. The Labute approximate surface area is 84.9 Å². The molecule has 0 bridgehead atoms. The van der Waals surface area contributed by atoms with E-state index in [1.165, 1.54) is 6.26 Å². The van der Waals surface area contributed by atoms with E-state index in [2.05, 4.69) is 32.0 Å². The predicted molar refractivity (Wildman–Crippen MR) is 59.0 cm³/mol. The standard InChI is InChI=1S/C11H14O2Si/c1-5-10(14(2,3)4)11(12)9-7-6-8-13-9/h6-8H,1H2,2-4H3. The first-order valence-electron chi connectivity index (χ1n) is 4.45. The zero-order chi connectivity index (χ0) is 10.8. The van der Waals surface area contributed by atoms with Crippen LogP contribution in [0.25, 0.3) is 0 Å². The molecule has 2 nitrogen and oxygen atoms in total. The number of hydrogen-bond donors (Lipinski definition) is 0. The lowest BCUT2D eigenvalue weighted by Crippen LogP contribution is -2.28. The molecular formula is C11H14O2Si. The van der Waals surface area contributed by atoms with E-state index in [1.807, 2.05) is 0 Å². The van der Waals surface area contributed by atoms with Gasteiger partial charge in [-0.15, -0.1) is 5.73 Å². The molecule has 0 atom stereocenters. The van der Waals surface area contributed by atoms with Crippen LogP contribution in [0.3, 0.4) is 0 Å². The van der Waals surface area contributed by atoms with Gasteiger partial charge in [-0.25, -0.2) is 0 Å². The monoisotopic (exact) mass is 206 g/mol. The fraction of sp³-hybridized carbons (Fsp3) is 0.273. The summed E-state index contributed by atoms with van der Waals surface area (Å²) in [5, 5.41) is 0.687. The van der Waals surface area contributed by atoms with Crippen LogP contribution in [0.15, 0.2) is 40.3 Å². The number of carbonyl (C=O) groups excluding carboxylic acids is 1. The molecule has 0 unspecified atom stereocenters. The Bertz CT molecular complexity index is 376. The molecule has 0 aromatic carbocycles. The fourth-order valence-electron chi connectivity index (χ4n) is 1.22. The Hall–Kier alpha value is -1.31. The van der Waals surface area contributed by atoms with Crippen LogP contribution in [-0.4, -0.2) is 13.9 Å². The summed E-state index contributed by atoms with van der Waals surface area (Å²) in [6.07, 6.45) is 1.50. The van der Waals surface area contributed by atoms with Gasteiger partial charge in [-0.1, -0.05) is 26.2 Å². The minimum atomic E-state index is -1.67. The lowest BCUT2D eigenvalue weighted by Gasteiger charge is -2.16. The number of allylic oxidation sites excluding steroid dienone is 1. The van der Waals surface area contributed by atoms with E-state index >= 15 is 0 Å². The molecule has 0 amide bonds. The molecule has 0 aliphatic rings. The van der Waals surface area contributed by atoms with Crippen molar-refractivity contribution in [3.8, 4) is 0 Å². The van der Waals surface area contributed by atoms with E-state index in [0.717, 1.165) is 0 Å². The third-order valence-corrected chi connectivity index (χ3v) is 3.80. The first kappa shape index (κ1) is 10.8. The van der Waals surface area contributed by atoms with Crippen LogP contribution in [0.2, 0.25) is 19.6 Å². The summed E-state index contributed by atoms with van der Waals surface area (Å²) in [5.41, 5.74) is 2.75. The summed E-state index contributed by atoms with van der Waals surface area (Å²) in [6.45, 7) is 9.82. The summed E-state index contributed by atoms with van der Waals surface area (Å²) < 4.78 is 5.06. The second kappa shape index (κ2) is 3.82. The first-order chi connectivity index (χ1) is 6.46. The maximum absolute atomic E-state index is 11.9. The third-order valence-electron chi connectivity index (χ3n) is 1.90. The topological polar surface area (TPSA) is 30.2 Å². The largest absolute Gasteiger partial charge is 0.461 e. The molecule has 1 rings (SSSR count). The summed E-state index contributed by atoms with van der Waals surface area (Å²) in [6, 6.07) is 3.37. The molecule has 3 heteroatoms. The third kappa shape index (κ3) is 2.13. The smallest absolute Gasteiger partial charge is 0.227 e. The van der Waals surface area contributed by atoms with E-state index < -0.39 is 8.07 Å². The average Bonchev–Trinajstić information content (AvgIpc) is 2.53. The molecular weight excluding hydrogens is 192 g/mol. The fourth-order valence-corrected chi connectivity index (χ4v) is 2.55. The predicted octanol–water partition coefficient (Wildman–Crippen LogP) is 3.05. The molecule has 1 aromatic rings. The Balaban J connectivity index is 3.07. The first-order valence-corrected chi connectivity index (χ1v) is 7.95. The van der Waals surface area contributed by atoms with Gasteiger partial charge in [-0.05, 0) is 12.1 Å². The van der Waals surface area contributed by atoms with Crippen molar-refractivity contribution in [2.24, 2.45) is 0 Å². The van der Waals surface area contributed by atoms with Gasteiger partial charge in [0.25, 0.3) is 0 Å². The summed E-state index contributed by atoms with van der Waals surface area (Å²) >= 11 is 0. The van der Waals surface area contributed by atoms with Gasteiger partial charge < -0.3 is 4.42 Å². The summed E-state index contributed by atoms with van der Waals surface area (Å²) in [7, 11) is -1.67. The van der Waals surface area contributed by atoms with Crippen molar-refractivity contribution < 1.29 is 9.21 Å². The maximum Gasteiger partial charge on any atom is 0.227 e. The second-order valence-electron chi connectivity index (χ2n) is 4.11. The molecule has 0 aliphatic carbocycles. The number of carbonyl (C=O) groups is 1. The van der Waals surface area contributed by atoms with E-state index in [-0.39, 0.29) is 5.78 Å². The highest BCUT2D eigenvalue weighted by molar-refractivity contribution is 6.87. The van der Waals surface area contributed by atoms with Gasteiger partial charge >= 0.3 is 0 Å². The zero-order valence-electron chi connectivity index (χ0n) is 8.76. The van der Waals surface area contributed by atoms with Crippen molar-refractivity contribution in [3.63, 3.8) is 0 Å². The van der Waals surface area contributed by atoms with Crippen LogP contribution in [0, 0.1) is 0 Å². The van der Waals surface area contributed by atoms with Gasteiger partial charge in [0.2, 0.25) is 5.78 Å². The molecule has 0 N–H and O–H groups in total. The normalized spacial score (nSPS) is 10.8. The van der Waals surface area contributed by atoms with Crippen LogP contribution in [0.5, 0.6) is 0 Å². The number of Topliss-reactive ketones (excluding diaryl/α,β-unsaturated/α-hetero) is 1. The molecule has 0 fully saturated rings. The molecule has 1 aromatic heterocycles. The zero-order valence-corrected chi connectivity index (χ0v) is 9.76. The van der Waals surface area contributed by atoms with E-state index in [1.54, 1.807) is 12.1 Å². The SMILES string of the molecule is C=C=C(C(=O)c1ccco1)[Si](C)(C)C. The van der Waals surface area contributed by atoms with Gasteiger partial charge in [0.15, 0.2) is 5.76 Å². The number of ketones is 1. The maximum atomic E-state index is 11.9. The Morgan fingerprint density at radius 3 is 2.50 bits per heavy atom. The Kier molecular flexibility index (Phi) is 2.94. The molecule has 0 saturated heterocycles. The van der Waals surface area contributed by atoms with Crippen molar-refractivity contribution in [2.45, 2.75) is 19.6 Å². The van der Waals surface area contributed by atoms with Crippen LogP contribution < -0.4 is 0 Å². The van der Waals surface area contributed by atoms with Crippen LogP contribution in [-0.2, 0) is 0 Å². The van der Waals surface area contributed by atoms with Crippen LogP contribution >= 0.6 is 0 Å². The highest BCUT2D eigenvalue weighted by Gasteiger charge is 2.27. The molecule has 0 spiro atoms. The lowest BCUT2D eigenvalue weighted by molar-refractivity contribution is 0.101. The molecule has 1 heterocycles. The molecule has 0 aliphatic heterocycles. The number of hydrogen-bond acceptors (Lipinski definition) is 2. The Morgan fingerprint density at radius 2 is 2.14 bits per heavy atom. The highest BCUT2D eigenvalue weighted by atomic mass is 28.3. The Morgan fingerprint density at radius 1 is 1.50 bits per heavy atom. The summed E-state index contributed by atoms with van der Waals surface area (Å²) in [5.74, 6) is 0.294. The number of rotatable bonds is 3. The second-order valence-corrected chi connectivity index (χ2v) is 9.11. The van der Waals surface area contributed by atoms with Gasteiger partial charge in [0.1, 0.15) is 0 Å². The van der Waals surface area contributed by atoms with E-state index in [4.69, 9.17) is 4.42 Å². The highest BCUT2D eigenvalue weighted by Crippen LogP contribution is 2.18. The molecule has 0 saturated carbocycles. The van der Waals surface area contributed by atoms with E-state index in [9.17, 15) is 4.79 Å². The molecule has 14 heavy (non-hydrogen) atoms. The van der Waals surface area contributed by atoms with Crippen molar-refractivity contribution in [2.75, 3.05) is 0 Å². The van der Waals surface area contributed by atoms with Gasteiger partial charge in [-0.3, -0.25) is 4.79 Å². The average molecular weight is 206 g/mol.